The van der Waals surface area contributed by atoms with E-state index in [0.717, 1.165) is 35.6 Å². The van der Waals surface area contributed by atoms with Crippen molar-refractivity contribution in [1.82, 2.24) is 9.13 Å². The molecule has 0 radical (unpaired) electrons. The molecule has 0 fully saturated rings. The fraction of sp³-hybridized carbons (Fsp3) is 0.0345. The summed E-state index contributed by atoms with van der Waals surface area (Å²) in [4.78, 5) is 2.46. The number of allylic oxidation sites excluding steroid dienone is 3. The molecule has 0 aliphatic heterocycles. The quantitative estimate of drug-likeness (QED) is 0.157. The number of hydrogen-bond acceptors (Lipinski definition) is 1. The topological polar surface area (TPSA) is 13.1 Å². The van der Waals surface area contributed by atoms with Crippen LogP contribution in [0.2, 0.25) is 0 Å². The third kappa shape index (κ3) is 5.89. The van der Waals surface area contributed by atoms with E-state index in [4.69, 9.17) is 0 Å². The lowest BCUT2D eigenvalue weighted by molar-refractivity contribution is 1.00. The van der Waals surface area contributed by atoms with Gasteiger partial charge in [-0.3, -0.25) is 0 Å². The first-order valence-electron chi connectivity index (χ1n) is 21.2. The molecule has 0 N–H and O–H groups in total. The number of nitrogens with zero attached hydrogens (tertiary/aromatic N) is 3. The standard InChI is InChI=1S/C58H41N3/c1-3-15-42(16-4-1)49-21-9-12-24-54(49)59(48-35-36-52-50-22-10-13-25-55(50)60(58(52)39-48)45-19-5-2-6-20-45)46-31-27-40(28-32-46)41-29-33-47(34-30-41)61-56-26-14-11-23-51(56)53-37-43-17-7-8-18-44(43)38-57(53)61/h1-8,10-11,13-39H,9,12H2. The highest BCUT2D eigenvalue weighted by Crippen LogP contribution is 2.43. The number of anilines is 2. The zero-order chi connectivity index (χ0) is 40.3. The number of benzene rings is 9. The van der Waals surface area contributed by atoms with Gasteiger partial charge in [0.2, 0.25) is 0 Å². The highest BCUT2D eigenvalue weighted by Gasteiger charge is 2.23. The molecule has 12 rings (SSSR count). The van der Waals surface area contributed by atoms with Crippen LogP contribution >= 0.6 is 0 Å². The Morgan fingerprint density at radius 2 is 0.836 bits per heavy atom. The molecule has 0 saturated heterocycles. The Hall–Kier alpha value is -7.88. The predicted molar refractivity (Wildman–Crippen MR) is 258 cm³/mol. The summed E-state index contributed by atoms with van der Waals surface area (Å²) in [6, 6.07) is 77.6. The SMILES string of the molecule is C1=C(c2ccccc2)C(N(c2ccc(-c3ccc(-n4c5ccccc5c5cc6ccccc6cc54)cc3)cc2)c2ccc3c4ccccc4n(-c4ccccc4)c3c2)=CCC1. The first-order valence-corrected chi connectivity index (χ1v) is 21.2. The first-order chi connectivity index (χ1) is 30.3. The van der Waals surface area contributed by atoms with E-state index in [9.17, 15) is 0 Å². The maximum atomic E-state index is 2.46. The summed E-state index contributed by atoms with van der Waals surface area (Å²) < 4.78 is 4.81. The van der Waals surface area contributed by atoms with Crippen LogP contribution in [0.5, 0.6) is 0 Å². The van der Waals surface area contributed by atoms with Crippen molar-refractivity contribution in [3.05, 3.63) is 236 Å². The van der Waals surface area contributed by atoms with E-state index < -0.39 is 0 Å². The molecule has 1 aliphatic carbocycles. The Morgan fingerprint density at radius 1 is 0.328 bits per heavy atom. The molecule has 11 aromatic rings. The maximum Gasteiger partial charge on any atom is 0.0561 e. The second-order valence-electron chi connectivity index (χ2n) is 16.0. The van der Waals surface area contributed by atoms with E-state index in [0.29, 0.717) is 0 Å². The minimum absolute atomic E-state index is 0.987. The van der Waals surface area contributed by atoms with E-state index in [-0.39, 0.29) is 0 Å². The molecule has 0 atom stereocenters. The summed E-state index contributed by atoms with van der Waals surface area (Å²) in [5.74, 6) is 0. The van der Waals surface area contributed by atoms with Crippen LogP contribution in [-0.2, 0) is 0 Å². The lowest BCUT2D eigenvalue weighted by Gasteiger charge is -2.31. The molecule has 1 aliphatic rings. The molecule has 61 heavy (non-hydrogen) atoms. The van der Waals surface area contributed by atoms with Crippen molar-refractivity contribution in [3.8, 4) is 22.5 Å². The van der Waals surface area contributed by atoms with Gasteiger partial charge in [0.25, 0.3) is 0 Å². The van der Waals surface area contributed by atoms with Crippen LogP contribution in [0.1, 0.15) is 18.4 Å². The van der Waals surface area contributed by atoms with Crippen LogP contribution in [0.25, 0.3) is 82.5 Å². The van der Waals surface area contributed by atoms with Gasteiger partial charge in [0.1, 0.15) is 0 Å². The molecule has 288 valence electrons. The van der Waals surface area contributed by atoms with Crippen LogP contribution in [0.4, 0.5) is 11.4 Å². The van der Waals surface area contributed by atoms with E-state index in [2.05, 4.69) is 239 Å². The van der Waals surface area contributed by atoms with Crippen LogP contribution in [0, 0.1) is 0 Å². The first kappa shape index (κ1) is 35.1. The van der Waals surface area contributed by atoms with E-state index in [1.54, 1.807) is 0 Å². The zero-order valence-corrected chi connectivity index (χ0v) is 33.6. The van der Waals surface area contributed by atoms with Crippen molar-refractivity contribution in [3.63, 3.8) is 0 Å². The van der Waals surface area contributed by atoms with Gasteiger partial charge in [0, 0.05) is 55.6 Å². The predicted octanol–water partition coefficient (Wildman–Crippen LogP) is 15.6. The lowest BCUT2D eigenvalue weighted by atomic mass is 9.94. The van der Waals surface area contributed by atoms with Crippen molar-refractivity contribution in [2.45, 2.75) is 12.8 Å². The van der Waals surface area contributed by atoms with Gasteiger partial charge in [-0.1, -0.05) is 152 Å². The van der Waals surface area contributed by atoms with E-state index in [1.165, 1.54) is 82.3 Å². The van der Waals surface area contributed by atoms with Gasteiger partial charge in [0.05, 0.1) is 22.1 Å². The largest absolute Gasteiger partial charge is 0.310 e. The second-order valence-corrected chi connectivity index (χ2v) is 16.0. The van der Waals surface area contributed by atoms with Gasteiger partial charge in [-0.25, -0.2) is 0 Å². The second kappa shape index (κ2) is 14.4. The highest BCUT2D eigenvalue weighted by molar-refractivity contribution is 6.14. The normalized spacial score (nSPS) is 13.0. The summed E-state index contributed by atoms with van der Waals surface area (Å²) in [6.07, 6.45) is 6.83. The molecule has 0 amide bonds. The average Bonchev–Trinajstić information content (AvgIpc) is 3.84. The smallest absolute Gasteiger partial charge is 0.0561 e. The Balaban J connectivity index is 0.964. The van der Waals surface area contributed by atoms with Crippen molar-refractivity contribution < 1.29 is 0 Å². The highest BCUT2D eigenvalue weighted by atomic mass is 15.2. The van der Waals surface area contributed by atoms with Crippen molar-refractivity contribution >= 4 is 71.3 Å². The van der Waals surface area contributed by atoms with Gasteiger partial charge < -0.3 is 14.0 Å². The molecule has 0 spiro atoms. The number of aromatic nitrogens is 2. The molecule has 0 unspecified atom stereocenters. The van der Waals surface area contributed by atoms with E-state index in [1.807, 2.05) is 0 Å². The average molecular weight is 780 g/mol. The van der Waals surface area contributed by atoms with Gasteiger partial charge in [-0.2, -0.15) is 0 Å². The third-order valence-corrected chi connectivity index (χ3v) is 12.5. The van der Waals surface area contributed by atoms with Gasteiger partial charge in [-0.05, 0) is 113 Å². The summed E-state index contributed by atoms with van der Waals surface area (Å²) in [5, 5.41) is 7.55. The number of rotatable bonds is 7. The molecule has 2 heterocycles. The zero-order valence-electron chi connectivity index (χ0n) is 33.6. The number of para-hydroxylation sites is 3. The lowest BCUT2D eigenvalue weighted by Crippen LogP contribution is -2.19. The molecule has 9 aromatic carbocycles. The number of hydrogen-bond donors (Lipinski definition) is 0. The third-order valence-electron chi connectivity index (χ3n) is 12.5. The molecule has 0 saturated carbocycles. The van der Waals surface area contributed by atoms with Gasteiger partial charge in [-0.15, -0.1) is 0 Å². The molecular formula is C58H41N3. The Kier molecular flexibility index (Phi) is 8.31. The van der Waals surface area contributed by atoms with Crippen LogP contribution in [-0.4, -0.2) is 9.13 Å². The van der Waals surface area contributed by atoms with Crippen molar-refractivity contribution in [1.29, 1.82) is 0 Å². The maximum absolute atomic E-state index is 2.46. The van der Waals surface area contributed by atoms with Crippen LogP contribution in [0.3, 0.4) is 0 Å². The Bertz CT molecular complexity index is 3500. The van der Waals surface area contributed by atoms with Crippen LogP contribution in [0.15, 0.2) is 230 Å². The van der Waals surface area contributed by atoms with Crippen LogP contribution < -0.4 is 4.90 Å². The van der Waals surface area contributed by atoms with Crippen molar-refractivity contribution in [2.75, 3.05) is 4.90 Å². The minimum atomic E-state index is 0.987. The Labute approximate surface area is 355 Å². The Morgan fingerprint density at radius 3 is 1.54 bits per heavy atom. The summed E-state index contributed by atoms with van der Waals surface area (Å²) in [5.41, 5.74) is 15.4. The van der Waals surface area contributed by atoms with Gasteiger partial charge >= 0.3 is 0 Å². The summed E-state index contributed by atoms with van der Waals surface area (Å²) in [7, 11) is 0. The fourth-order valence-electron chi connectivity index (χ4n) is 9.68. The van der Waals surface area contributed by atoms with E-state index >= 15 is 0 Å². The molecule has 0 bridgehead atoms. The minimum Gasteiger partial charge on any atom is -0.310 e. The number of fused-ring (bicyclic) bond motifs is 7. The van der Waals surface area contributed by atoms with Crippen molar-refractivity contribution in [2.24, 2.45) is 0 Å². The summed E-state index contributed by atoms with van der Waals surface area (Å²) >= 11 is 0. The molecule has 3 heteroatoms. The molecule has 3 nitrogen and oxygen atoms in total. The molecular weight excluding hydrogens is 739 g/mol. The summed E-state index contributed by atoms with van der Waals surface area (Å²) in [6.45, 7) is 0. The fourth-order valence-corrected chi connectivity index (χ4v) is 9.68. The molecule has 2 aromatic heterocycles. The van der Waals surface area contributed by atoms with Gasteiger partial charge in [0.15, 0.2) is 0 Å². The monoisotopic (exact) mass is 779 g/mol.